The van der Waals surface area contributed by atoms with Gasteiger partial charge in [0.05, 0.1) is 12.2 Å². The number of aromatic nitrogens is 1. The van der Waals surface area contributed by atoms with E-state index >= 15 is 0 Å². The smallest absolute Gasteiger partial charge is 0.141 e. The maximum absolute atomic E-state index is 13.2. The van der Waals surface area contributed by atoms with Crippen LogP contribution in [-0.4, -0.2) is 11.5 Å². The second-order valence-electron chi connectivity index (χ2n) is 3.90. The third-order valence-electron chi connectivity index (χ3n) is 2.63. The molecule has 2 aromatic rings. The van der Waals surface area contributed by atoms with E-state index in [9.17, 15) is 4.39 Å². The van der Waals surface area contributed by atoms with Crippen molar-refractivity contribution in [2.24, 2.45) is 0 Å². The molecule has 2 nitrogen and oxygen atoms in total. The Hall–Kier alpha value is -1.26. The molecule has 0 aromatic carbocycles. The van der Waals surface area contributed by atoms with E-state index in [-0.39, 0.29) is 11.9 Å². The standard InChI is InChI=1S/C13H15FN2S/c1-3-16-12(13-9(2)4-5-17-13)10-6-11(14)8-15-7-10/h4-8,12,16H,3H2,1-2H3. The van der Waals surface area contributed by atoms with Gasteiger partial charge in [-0.25, -0.2) is 4.39 Å². The molecule has 0 bridgehead atoms. The number of thiophene rings is 1. The van der Waals surface area contributed by atoms with Crippen LogP contribution in [0.3, 0.4) is 0 Å². The van der Waals surface area contributed by atoms with Crippen LogP contribution < -0.4 is 5.32 Å². The highest BCUT2D eigenvalue weighted by Crippen LogP contribution is 2.29. The van der Waals surface area contributed by atoms with E-state index in [1.165, 1.54) is 16.6 Å². The van der Waals surface area contributed by atoms with E-state index in [1.807, 2.05) is 6.92 Å². The van der Waals surface area contributed by atoms with Crippen LogP contribution in [0, 0.1) is 12.7 Å². The van der Waals surface area contributed by atoms with Crippen molar-refractivity contribution < 1.29 is 4.39 Å². The summed E-state index contributed by atoms with van der Waals surface area (Å²) in [6.45, 7) is 4.95. The first kappa shape index (κ1) is 12.2. The van der Waals surface area contributed by atoms with Crippen LogP contribution in [0.1, 0.15) is 29.0 Å². The molecule has 90 valence electrons. The zero-order chi connectivity index (χ0) is 12.3. The largest absolute Gasteiger partial charge is 0.306 e. The lowest BCUT2D eigenvalue weighted by atomic mass is 10.0. The van der Waals surface area contributed by atoms with Gasteiger partial charge >= 0.3 is 0 Å². The molecule has 0 spiro atoms. The summed E-state index contributed by atoms with van der Waals surface area (Å²) in [7, 11) is 0. The molecular formula is C13H15FN2S. The normalized spacial score (nSPS) is 12.6. The second kappa shape index (κ2) is 5.38. The van der Waals surface area contributed by atoms with Crippen LogP contribution in [0.25, 0.3) is 0 Å². The number of nitrogens with zero attached hydrogens (tertiary/aromatic N) is 1. The van der Waals surface area contributed by atoms with Gasteiger partial charge in [0.15, 0.2) is 0 Å². The van der Waals surface area contributed by atoms with Crippen LogP contribution in [0.15, 0.2) is 29.9 Å². The summed E-state index contributed by atoms with van der Waals surface area (Å²) in [5.74, 6) is -0.292. The van der Waals surface area contributed by atoms with Crippen molar-refractivity contribution in [1.29, 1.82) is 0 Å². The molecule has 0 saturated heterocycles. The first-order chi connectivity index (χ1) is 8.22. The van der Waals surface area contributed by atoms with E-state index in [0.29, 0.717) is 0 Å². The van der Waals surface area contributed by atoms with E-state index < -0.39 is 0 Å². The molecule has 0 saturated carbocycles. The molecule has 0 aliphatic rings. The zero-order valence-corrected chi connectivity index (χ0v) is 10.7. The minimum absolute atomic E-state index is 0.0307. The maximum Gasteiger partial charge on any atom is 0.141 e. The van der Waals surface area contributed by atoms with Crippen molar-refractivity contribution in [2.75, 3.05) is 6.54 Å². The summed E-state index contributed by atoms with van der Waals surface area (Å²) in [5, 5.41) is 5.43. The number of hydrogen-bond donors (Lipinski definition) is 1. The highest BCUT2D eigenvalue weighted by Gasteiger charge is 2.17. The zero-order valence-electron chi connectivity index (χ0n) is 9.90. The monoisotopic (exact) mass is 250 g/mol. The fraction of sp³-hybridized carbons (Fsp3) is 0.308. The van der Waals surface area contributed by atoms with Gasteiger partial charge in [-0.3, -0.25) is 4.98 Å². The Morgan fingerprint density at radius 1 is 1.47 bits per heavy atom. The molecule has 17 heavy (non-hydrogen) atoms. The Balaban J connectivity index is 2.39. The Morgan fingerprint density at radius 2 is 2.29 bits per heavy atom. The topological polar surface area (TPSA) is 24.9 Å². The van der Waals surface area contributed by atoms with Gasteiger partial charge in [-0.1, -0.05) is 6.92 Å². The number of pyridine rings is 1. The van der Waals surface area contributed by atoms with Crippen molar-refractivity contribution >= 4 is 11.3 Å². The van der Waals surface area contributed by atoms with E-state index in [4.69, 9.17) is 0 Å². The van der Waals surface area contributed by atoms with E-state index in [0.717, 1.165) is 12.1 Å². The predicted molar refractivity (Wildman–Crippen MR) is 68.8 cm³/mol. The molecule has 1 N–H and O–H groups in total. The van der Waals surface area contributed by atoms with Crippen molar-refractivity contribution in [3.63, 3.8) is 0 Å². The number of nitrogens with one attached hydrogen (secondary N) is 1. The van der Waals surface area contributed by atoms with Gasteiger partial charge in [0, 0.05) is 11.1 Å². The SMILES string of the molecule is CCNC(c1cncc(F)c1)c1sccc1C. The molecule has 2 aromatic heterocycles. The third kappa shape index (κ3) is 2.70. The van der Waals surface area contributed by atoms with Gasteiger partial charge in [0.25, 0.3) is 0 Å². The Kier molecular flexibility index (Phi) is 3.86. The second-order valence-corrected chi connectivity index (χ2v) is 4.84. The number of halogens is 1. The fourth-order valence-electron chi connectivity index (χ4n) is 1.83. The number of rotatable bonds is 4. The van der Waals surface area contributed by atoms with E-state index in [2.05, 4.69) is 28.7 Å². The fourth-order valence-corrected chi connectivity index (χ4v) is 2.86. The van der Waals surface area contributed by atoms with Gasteiger partial charge in [-0.15, -0.1) is 11.3 Å². The molecule has 2 rings (SSSR count). The minimum Gasteiger partial charge on any atom is -0.306 e. The highest BCUT2D eigenvalue weighted by atomic mass is 32.1. The van der Waals surface area contributed by atoms with Gasteiger partial charge in [-0.05, 0) is 42.1 Å². The third-order valence-corrected chi connectivity index (χ3v) is 3.72. The van der Waals surface area contributed by atoms with Crippen molar-refractivity contribution in [3.05, 3.63) is 51.7 Å². The first-order valence-electron chi connectivity index (χ1n) is 5.60. The van der Waals surface area contributed by atoms with Crippen LogP contribution >= 0.6 is 11.3 Å². The van der Waals surface area contributed by atoms with Crippen molar-refractivity contribution in [2.45, 2.75) is 19.9 Å². The maximum atomic E-state index is 13.2. The molecule has 1 atom stereocenters. The average molecular weight is 250 g/mol. The van der Waals surface area contributed by atoms with Crippen LogP contribution in [-0.2, 0) is 0 Å². The Labute approximate surface area is 105 Å². The lowest BCUT2D eigenvalue weighted by Gasteiger charge is -2.17. The Morgan fingerprint density at radius 3 is 2.88 bits per heavy atom. The molecule has 2 heterocycles. The Bertz CT molecular complexity index is 496. The molecule has 4 heteroatoms. The summed E-state index contributed by atoms with van der Waals surface area (Å²) in [4.78, 5) is 5.14. The average Bonchev–Trinajstić information content (AvgIpc) is 2.72. The summed E-state index contributed by atoms with van der Waals surface area (Å²) >= 11 is 1.69. The van der Waals surface area contributed by atoms with Gasteiger partial charge in [0.2, 0.25) is 0 Å². The van der Waals surface area contributed by atoms with Crippen molar-refractivity contribution in [3.8, 4) is 0 Å². The van der Waals surface area contributed by atoms with Gasteiger partial charge in [0.1, 0.15) is 5.82 Å². The van der Waals surface area contributed by atoms with Crippen molar-refractivity contribution in [1.82, 2.24) is 10.3 Å². The first-order valence-corrected chi connectivity index (χ1v) is 6.48. The predicted octanol–water partition coefficient (Wildman–Crippen LogP) is 3.29. The molecule has 0 aliphatic carbocycles. The molecule has 0 fully saturated rings. The van der Waals surface area contributed by atoms with Crippen LogP contribution in [0.5, 0.6) is 0 Å². The molecular weight excluding hydrogens is 235 g/mol. The van der Waals surface area contributed by atoms with E-state index in [1.54, 1.807) is 23.6 Å². The van der Waals surface area contributed by atoms with Gasteiger partial charge in [-0.2, -0.15) is 0 Å². The van der Waals surface area contributed by atoms with Crippen LogP contribution in [0.4, 0.5) is 4.39 Å². The van der Waals surface area contributed by atoms with Crippen LogP contribution in [0.2, 0.25) is 0 Å². The lowest BCUT2D eigenvalue weighted by molar-refractivity contribution is 0.598. The lowest BCUT2D eigenvalue weighted by Crippen LogP contribution is -2.22. The summed E-state index contributed by atoms with van der Waals surface area (Å²) in [5.41, 5.74) is 2.10. The minimum atomic E-state index is -0.292. The highest BCUT2D eigenvalue weighted by molar-refractivity contribution is 7.10. The molecule has 0 aliphatic heterocycles. The molecule has 1 unspecified atom stereocenters. The van der Waals surface area contributed by atoms with Gasteiger partial charge < -0.3 is 5.32 Å². The molecule has 0 radical (unpaired) electrons. The number of hydrogen-bond acceptors (Lipinski definition) is 3. The quantitative estimate of drug-likeness (QED) is 0.900. The summed E-state index contributed by atoms with van der Waals surface area (Å²) in [6, 6.07) is 3.65. The summed E-state index contributed by atoms with van der Waals surface area (Å²) in [6.07, 6.45) is 2.95. The summed E-state index contributed by atoms with van der Waals surface area (Å²) < 4.78 is 13.2. The molecule has 0 amide bonds. The number of aryl methyl sites for hydroxylation is 1.